The third-order valence-electron chi connectivity index (χ3n) is 2.57. The number of hydrazine groups is 1. The number of pyridine rings is 1. The summed E-state index contributed by atoms with van der Waals surface area (Å²) in [5.41, 5.74) is 3.72. The van der Waals surface area contributed by atoms with E-state index in [4.69, 9.17) is 17.4 Å². The van der Waals surface area contributed by atoms with Crippen LogP contribution in [0.15, 0.2) is 35.8 Å². The van der Waals surface area contributed by atoms with E-state index in [9.17, 15) is 0 Å². The van der Waals surface area contributed by atoms with Crippen molar-refractivity contribution in [3.05, 3.63) is 51.4 Å². The zero-order valence-electron chi connectivity index (χ0n) is 9.27. The second kappa shape index (κ2) is 6.12. The molecule has 0 aliphatic heterocycles. The molecule has 0 aromatic carbocycles. The normalized spacial score (nSPS) is 12.6. The average molecular weight is 268 g/mol. The molecule has 0 spiro atoms. The summed E-state index contributed by atoms with van der Waals surface area (Å²) in [5.74, 6) is 5.56. The van der Waals surface area contributed by atoms with Crippen LogP contribution in [0.5, 0.6) is 0 Å². The maximum atomic E-state index is 5.81. The Kier molecular flexibility index (Phi) is 4.50. The lowest BCUT2D eigenvalue weighted by Gasteiger charge is -2.14. The van der Waals surface area contributed by atoms with E-state index in [-0.39, 0.29) is 6.04 Å². The molecule has 5 heteroatoms. The number of nitrogens with one attached hydrogen (secondary N) is 1. The van der Waals surface area contributed by atoms with Gasteiger partial charge in [0.2, 0.25) is 0 Å². The Balaban J connectivity index is 1.99. The van der Waals surface area contributed by atoms with Gasteiger partial charge in [-0.05, 0) is 36.4 Å². The van der Waals surface area contributed by atoms with Crippen molar-refractivity contribution in [1.82, 2.24) is 10.4 Å². The van der Waals surface area contributed by atoms with Crippen LogP contribution in [0.2, 0.25) is 5.02 Å². The molecule has 90 valence electrons. The van der Waals surface area contributed by atoms with Crippen LogP contribution < -0.4 is 11.3 Å². The lowest BCUT2D eigenvalue weighted by Crippen LogP contribution is -2.29. The molecule has 2 heterocycles. The molecular weight excluding hydrogens is 254 g/mol. The van der Waals surface area contributed by atoms with Gasteiger partial charge < -0.3 is 0 Å². The lowest BCUT2D eigenvalue weighted by atomic mass is 10.1. The number of hydrogen-bond acceptors (Lipinski definition) is 4. The lowest BCUT2D eigenvalue weighted by molar-refractivity contribution is 0.506. The second-order valence-electron chi connectivity index (χ2n) is 3.74. The van der Waals surface area contributed by atoms with Crippen LogP contribution in [-0.4, -0.2) is 4.98 Å². The van der Waals surface area contributed by atoms with Gasteiger partial charge in [0.25, 0.3) is 0 Å². The monoisotopic (exact) mass is 267 g/mol. The van der Waals surface area contributed by atoms with Crippen LogP contribution in [0, 0.1) is 0 Å². The largest absolute Gasteiger partial charge is 0.271 e. The Hall–Kier alpha value is -0.940. The molecule has 1 unspecified atom stereocenters. The van der Waals surface area contributed by atoms with Gasteiger partial charge in [-0.25, -0.2) is 0 Å². The topological polar surface area (TPSA) is 50.9 Å². The summed E-state index contributed by atoms with van der Waals surface area (Å²) in [5, 5.41) is 2.73. The smallest absolute Gasteiger partial charge is 0.0635 e. The number of nitrogens with zero attached hydrogens (tertiary/aromatic N) is 1. The van der Waals surface area contributed by atoms with E-state index in [1.807, 2.05) is 12.1 Å². The molecule has 3 nitrogen and oxygen atoms in total. The van der Waals surface area contributed by atoms with E-state index in [1.54, 1.807) is 17.5 Å². The fourth-order valence-electron chi connectivity index (χ4n) is 1.65. The summed E-state index contributed by atoms with van der Waals surface area (Å²) >= 11 is 7.57. The van der Waals surface area contributed by atoms with Crippen molar-refractivity contribution in [2.75, 3.05) is 0 Å². The van der Waals surface area contributed by atoms with E-state index in [2.05, 4.69) is 27.9 Å². The Morgan fingerprint density at radius 3 is 2.88 bits per heavy atom. The molecule has 0 amide bonds. The minimum Gasteiger partial charge on any atom is -0.271 e. The van der Waals surface area contributed by atoms with Gasteiger partial charge in [0.05, 0.1) is 16.8 Å². The summed E-state index contributed by atoms with van der Waals surface area (Å²) in [6.07, 6.45) is 3.56. The highest BCUT2D eigenvalue weighted by Crippen LogP contribution is 2.20. The van der Waals surface area contributed by atoms with Crippen molar-refractivity contribution in [3.63, 3.8) is 0 Å². The Morgan fingerprint density at radius 1 is 1.41 bits per heavy atom. The first-order valence-corrected chi connectivity index (χ1v) is 6.65. The highest BCUT2D eigenvalue weighted by atomic mass is 35.5. The predicted octanol–water partition coefficient (Wildman–Crippen LogP) is 2.93. The van der Waals surface area contributed by atoms with Gasteiger partial charge in [0.15, 0.2) is 0 Å². The van der Waals surface area contributed by atoms with Crippen molar-refractivity contribution in [1.29, 1.82) is 0 Å². The highest BCUT2D eigenvalue weighted by molar-refractivity contribution is 7.09. The maximum Gasteiger partial charge on any atom is 0.0635 e. The third kappa shape index (κ3) is 3.51. The highest BCUT2D eigenvalue weighted by Gasteiger charge is 2.11. The molecule has 0 aliphatic rings. The molecule has 2 rings (SSSR count). The van der Waals surface area contributed by atoms with Gasteiger partial charge in [-0.3, -0.25) is 16.3 Å². The summed E-state index contributed by atoms with van der Waals surface area (Å²) in [7, 11) is 0. The van der Waals surface area contributed by atoms with Crippen LogP contribution in [-0.2, 0) is 6.42 Å². The van der Waals surface area contributed by atoms with E-state index in [0.29, 0.717) is 5.02 Å². The number of nitrogens with two attached hydrogens (primary N) is 1. The number of thiophene rings is 1. The Labute approximate surface area is 110 Å². The first-order chi connectivity index (χ1) is 8.29. The van der Waals surface area contributed by atoms with Crippen LogP contribution in [0.1, 0.15) is 23.0 Å². The first-order valence-electron chi connectivity index (χ1n) is 5.39. The van der Waals surface area contributed by atoms with Crippen molar-refractivity contribution in [2.45, 2.75) is 18.9 Å². The number of halogens is 1. The van der Waals surface area contributed by atoms with Gasteiger partial charge in [0, 0.05) is 11.1 Å². The molecule has 0 bridgehead atoms. The SMILES string of the molecule is NNC(CCc1cccs1)c1ccc(Cl)cn1. The van der Waals surface area contributed by atoms with Crippen LogP contribution >= 0.6 is 22.9 Å². The maximum absolute atomic E-state index is 5.81. The van der Waals surface area contributed by atoms with Gasteiger partial charge >= 0.3 is 0 Å². The third-order valence-corrected chi connectivity index (χ3v) is 3.73. The molecule has 0 saturated carbocycles. The predicted molar refractivity (Wildman–Crippen MR) is 72.0 cm³/mol. The zero-order chi connectivity index (χ0) is 12.1. The minimum atomic E-state index is 0.0642. The molecule has 3 N–H and O–H groups in total. The Morgan fingerprint density at radius 2 is 2.29 bits per heavy atom. The molecule has 0 saturated heterocycles. The van der Waals surface area contributed by atoms with Crippen molar-refractivity contribution < 1.29 is 0 Å². The van der Waals surface area contributed by atoms with Crippen LogP contribution in [0.4, 0.5) is 0 Å². The Bertz CT molecular complexity index is 441. The van der Waals surface area contributed by atoms with Crippen LogP contribution in [0.3, 0.4) is 0 Å². The van der Waals surface area contributed by atoms with E-state index in [1.165, 1.54) is 4.88 Å². The quantitative estimate of drug-likeness (QED) is 0.647. The molecule has 1 atom stereocenters. The van der Waals surface area contributed by atoms with E-state index >= 15 is 0 Å². The zero-order valence-corrected chi connectivity index (χ0v) is 10.8. The summed E-state index contributed by atoms with van der Waals surface area (Å²) < 4.78 is 0. The van der Waals surface area contributed by atoms with Crippen molar-refractivity contribution in [2.24, 2.45) is 5.84 Å². The average Bonchev–Trinajstić information content (AvgIpc) is 2.85. The number of hydrogen-bond donors (Lipinski definition) is 2. The molecule has 2 aromatic heterocycles. The minimum absolute atomic E-state index is 0.0642. The fourth-order valence-corrected chi connectivity index (χ4v) is 2.49. The summed E-state index contributed by atoms with van der Waals surface area (Å²) in [6.45, 7) is 0. The molecule has 2 aromatic rings. The van der Waals surface area contributed by atoms with Crippen molar-refractivity contribution >= 4 is 22.9 Å². The van der Waals surface area contributed by atoms with Gasteiger partial charge in [-0.2, -0.15) is 0 Å². The van der Waals surface area contributed by atoms with Gasteiger partial charge in [0.1, 0.15) is 0 Å². The number of aromatic nitrogens is 1. The first kappa shape index (κ1) is 12.5. The molecule has 0 fully saturated rings. The molecule has 0 aliphatic carbocycles. The number of aryl methyl sites for hydroxylation is 1. The van der Waals surface area contributed by atoms with Crippen LogP contribution in [0.25, 0.3) is 0 Å². The van der Waals surface area contributed by atoms with Gasteiger partial charge in [-0.1, -0.05) is 17.7 Å². The molecule has 0 radical (unpaired) electrons. The van der Waals surface area contributed by atoms with Crippen molar-refractivity contribution in [3.8, 4) is 0 Å². The molecular formula is C12H14ClN3S. The van der Waals surface area contributed by atoms with E-state index < -0.39 is 0 Å². The summed E-state index contributed by atoms with van der Waals surface area (Å²) in [4.78, 5) is 5.64. The standard InChI is InChI=1S/C12H14ClN3S/c13-9-3-5-11(15-8-9)12(16-14)6-4-10-2-1-7-17-10/h1-3,5,7-8,12,16H,4,6,14H2. The molecule has 17 heavy (non-hydrogen) atoms. The van der Waals surface area contributed by atoms with E-state index in [0.717, 1.165) is 18.5 Å². The fraction of sp³-hybridized carbons (Fsp3) is 0.250. The summed E-state index contributed by atoms with van der Waals surface area (Å²) in [6, 6.07) is 7.99. The number of rotatable bonds is 5. The second-order valence-corrected chi connectivity index (χ2v) is 5.21. The van der Waals surface area contributed by atoms with Gasteiger partial charge in [-0.15, -0.1) is 11.3 Å².